The zero-order chi connectivity index (χ0) is 24.1. The van der Waals surface area contributed by atoms with E-state index in [9.17, 15) is 26.4 Å². The number of hydrazone groups is 1. The van der Waals surface area contributed by atoms with Crippen LogP contribution in [-0.2, 0) is 27.5 Å². The van der Waals surface area contributed by atoms with Crippen LogP contribution < -0.4 is 9.61 Å². The molecule has 0 spiro atoms. The van der Waals surface area contributed by atoms with E-state index in [4.69, 9.17) is 4.18 Å². The van der Waals surface area contributed by atoms with Gasteiger partial charge in [0, 0.05) is 10.0 Å². The van der Waals surface area contributed by atoms with E-state index in [0.29, 0.717) is 22.2 Å². The monoisotopic (exact) mass is 540 g/mol. The van der Waals surface area contributed by atoms with Crippen molar-refractivity contribution < 1.29 is 30.6 Å². The number of hydrogen-bond acceptors (Lipinski definition) is 5. The lowest BCUT2D eigenvalue weighted by Gasteiger charge is -2.12. The number of alkyl halides is 3. The lowest BCUT2D eigenvalue weighted by molar-refractivity contribution is -0.137. The largest absolute Gasteiger partial charge is 0.416 e. The van der Waals surface area contributed by atoms with Gasteiger partial charge in [-0.25, -0.2) is 5.43 Å². The molecule has 3 aromatic rings. The Morgan fingerprint density at radius 1 is 1.03 bits per heavy atom. The van der Waals surface area contributed by atoms with Crippen molar-refractivity contribution in [2.75, 3.05) is 0 Å². The molecule has 1 N–H and O–H groups in total. The summed E-state index contributed by atoms with van der Waals surface area (Å²) in [6, 6.07) is 16.5. The maximum atomic E-state index is 13.2. The van der Waals surface area contributed by atoms with Crippen molar-refractivity contribution >= 4 is 38.2 Å². The van der Waals surface area contributed by atoms with E-state index >= 15 is 0 Å². The first-order valence-corrected chi connectivity index (χ1v) is 11.5. The van der Waals surface area contributed by atoms with Gasteiger partial charge in [-0.15, -0.1) is 0 Å². The summed E-state index contributed by atoms with van der Waals surface area (Å²) >= 11 is 3.31. The Labute approximate surface area is 196 Å². The molecule has 172 valence electrons. The second-order valence-corrected chi connectivity index (χ2v) is 9.03. The second kappa shape index (κ2) is 10.2. The summed E-state index contributed by atoms with van der Waals surface area (Å²) in [4.78, 5) is 11.6. The van der Waals surface area contributed by atoms with Crippen molar-refractivity contribution in [2.24, 2.45) is 5.10 Å². The van der Waals surface area contributed by atoms with Gasteiger partial charge < -0.3 is 4.18 Å². The molecule has 0 bridgehead atoms. The molecule has 0 atom stereocenters. The average molecular weight is 541 g/mol. The second-order valence-electron chi connectivity index (χ2n) is 6.66. The Kier molecular flexibility index (Phi) is 7.54. The van der Waals surface area contributed by atoms with Gasteiger partial charge in [0.15, 0.2) is 0 Å². The molecule has 3 aromatic carbocycles. The Balaban J connectivity index is 1.87. The van der Waals surface area contributed by atoms with Crippen LogP contribution in [0.3, 0.4) is 0 Å². The fourth-order valence-corrected chi connectivity index (χ4v) is 4.24. The van der Waals surface area contributed by atoms with E-state index in [1.807, 2.05) is 0 Å². The minimum Gasteiger partial charge on any atom is -0.379 e. The highest BCUT2D eigenvalue weighted by atomic mass is 79.9. The van der Waals surface area contributed by atoms with Gasteiger partial charge in [0.2, 0.25) is 5.91 Å². The molecule has 1 amide bonds. The number of amides is 1. The Morgan fingerprint density at radius 2 is 1.70 bits per heavy atom. The predicted octanol–water partition coefficient (Wildman–Crippen LogP) is 4.93. The number of rotatable bonds is 7. The molecule has 0 fully saturated rings. The van der Waals surface area contributed by atoms with Crippen molar-refractivity contribution in [2.45, 2.75) is 17.5 Å². The Bertz CT molecular complexity index is 1280. The predicted molar refractivity (Wildman–Crippen MR) is 119 cm³/mol. The number of nitrogens with zero attached hydrogens (tertiary/aromatic N) is 1. The number of carbonyl (C=O) groups is 1. The highest BCUT2D eigenvalue weighted by molar-refractivity contribution is 9.10. The van der Waals surface area contributed by atoms with Crippen LogP contribution in [0.15, 0.2) is 87.3 Å². The zero-order valence-corrected chi connectivity index (χ0v) is 19.1. The van der Waals surface area contributed by atoms with Gasteiger partial charge in [-0.2, -0.15) is 26.7 Å². The summed E-state index contributed by atoms with van der Waals surface area (Å²) in [5.41, 5.74) is 1.37. The van der Waals surface area contributed by atoms with E-state index in [1.165, 1.54) is 12.1 Å². The molecule has 0 aliphatic heterocycles. The molecule has 11 heteroatoms. The van der Waals surface area contributed by atoms with Crippen LogP contribution in [0.4, 0.5) is 13.2 Å². The molecular formula is C22H16BrF3N2O4S. The van der Waals surface area contributed by atoms with Crippen LogP contribution in [0.25, 0.3) is 0 Å². The molecule has 0 aliphatic carbocycles. The molecule has 6 nitrogen and oxygen atoms in total. The van der Waals surface area contributed by atoms with Crippen LogP contribution in [0.5, 0.6) is 5.75 Å². The molecular weight excluding hydrogens is 525 g/mol. The summed E-state index contributed by atoms with van der Waals surface area (Å²) < 4.78 is 70.6. The summed E-state index contributed by atoms with van der Waals surface area (Å²) in [5, 5.41) is 3.64. The quantitative estimate of drug-likeness (QED) is 0.261. The van der Waals surface area contributed by atoms with Gasteiger partial charge in [-0.3, -0.25) is 4.79 Å². The molecule has 0 saturated carbocycles. The first-order chi connectivity index (χ1) is 15.6. The number of halogens is 4. The fourth-order valence-electron chi connectivity index (χ4n) is 2.73. The summed E-state index contributed by atoms with van der Waals surface area (Å²) in [5.74, 6) is -0.558. The molecule has 0 radical (unpaired) electrons. The first-order valence-electron chi connectivity index (χ1n) is 9.32. The van der Waals surface area contributed by atoms with Crippen LogP contribution in [0.2, 0.25) is 0 Å². The van der Waals surface area contributed by atoms with E-state index in [1.54, 1.807) is 42.5 Å². The third-order valence-corrected chi connectivity index (χ3v) is 6.35. The van der Waals surface area contributed by atoms with Gasteiger partial charge >= 0.3 is 16.3 Å². The Hall–Kier alpha value is -3.18. The topological polar surface area (TPSA) is 84.8 Å². The normalized spacial score (nSPS) is 12.0. The summed E-state index contributed by atoms with van der Waals surface area (Å²) in [6.07, 6.45) is -3.94. The zero-order valence-electron chi connectivity index (χ0n) is 16.7. The number of benzene rings is 3. The molecule has 0 unspecified atom stereocenters. The van der Waals surface area contributed by atoms with Gasteiger partial charge in [-0.1, -0.05) is 52.3 Å². The van der Waals surface area contributed by atoms with Crippen molar-refractivity contribution in [3.63, 3.8) is 0 Å². The smallest absolute Gasteiger partial charge is 0.379 e. The Morgan fingerprint density at radius 3 is 2.36 bits per heavy atom. The van der Waals surface area contributed by atoms with Crippen LogP contribution in [-0.4, -0.2) is 20.5 Å². The van der Waals surface area contributed by atoms with E-state index in [0.717, 1.165) is 12.3 Å². The summed E-state index contributed by atoms with van der Waals surface area (Å²) in [7, 11) is -4.49. The number of para-hydroxylation sites is 1. The lowest BCUT2D eigenvalue weighted by Crippen LogP contribution is -2.20. The molecule has 0 aromatic heterocycles. The minimum atomic E-state index is -4.71. The first kappa shape index (κ1) is 24.5. The van der Waals surface area contributed by atoms with Crippen LogP contribution >= 0.6 is 15.9 Å². The molecule has 0 aliphatic rings. The molecule has 0 heterocycles. The summed E-state index contributed by atoms with van der Waals surface area (Å²) in [6.45, 7) is 0. The standard InChI is InChI=1S/C22H16BrF3N2O4S/c23-19-9-5-4-6-15(19)13-21(29)28-27-14-16-12-17(22(24,25)26)10-11-20(16)33(30,31)32-18-7-2-1-3-8-18/h1-12,14H,13H2,(H,28,29)/b27-14+. The highest BCUT2D eigenvalue weighted by Crippen LogP contribution is 2.32. The van der Waals surface area contributed by atoms with E-state index in [-0.39, 0.29) is 12.2 Å². The average Bonchev–Trinajstić information content (AvgIpc) is 2.75. The maximum absolute atomic E-state index is 13.2. The number of carbonyl (C=O) groups excluding carboxylic acids is 1. The van der Waals surface area contributed by atoms with Crippen LogP contribution in [0.1, 0.15) is 16.7 Å². The lowest BCUT2D eigenvalue weighted by atomic mass is 10.1. The minimum absolute atomic E-state index is 0.0120. The van der Waals surface area contributed by atoms with Gasteiger partial charge in [-0.05, 0) is 42.0 Å². The van der Waals surface area contributed by atoms with E-state index < -0.39 is 38.2 Å². The van der Waals surface area contributed by atoms with Crippen molar-refractivity contribution in [3.8, 4) is 5.75 Å². The van der Waals surface area contributed by atoms with E-state index in [2.05, 4.69) is 26.5 Å². The van der Waals surface area contributed by atoms with Crippen molar-refractivity contribution in [1.29, 1.82) is 0 Å². The van der Waals surface area contributed by atoms with Crippen LogP contribution in [0, 0.1) is 0 Å². The fraction of sp³-hybridized carbons (Fsp3) is 0.0909. The molecule has 3 rings (SSSR count). The number of hydrogen-bond donors (Lipinski definition) is 1. The highest BCUT2D eigenvalue weighted by Gasteiger charge is 2.32. The van der Waals surface area contributed by atoms with Gasteiger partial charge in [0.25, 0.3) is 0 Å². The van der Waals surface area contributed by atoms with Crippen molar-refractivity contribution in [3.05, 3.63) is 94.0 Å². The van der Waals surface area contributed by atoms with Crippen molar-refractivity contribution in [1.82, 2.24) is 5.43 Å². The van der Waals surface area contributed by atoms with Gasteiger partial charge in [0.1, 0.15) is 10.6 Å². The third kappa shape index (κ3) is 6.65. The third-order valence-electron chi connectivity index (χ3n) is 4.26. The number of nitrogens with one attached hydrogen (secondary N) is 1. The van der Waals surface area contributed by atoms with Gasteiger partial charge in [0.05, 0.1) is 18.2 Å². The maximum Gasteiger partial charge on any atom is 0.416 e. The molecule has 0 saturated heterocycles. The molecule has 33 heavy (non-hydrogen) atoms. The SMILES string of the molecule is O=C(Cc1ccccc1Br)N/N=C/c1cc(C(F)(F)F)ccc1S(=O)(=O)Oc1ccccc1.